The first-order valence-electron chi connectivity index (χ1n) is 7.59. The Hall–Kier alpha value is -2.73. The summed E-state index contributed by atoms with van der Waals surface area (Å²) in [5.74, 6) is 1.52. The van der Waals surface area contributed by atoms with Gasteiger partial charge >= 0.3 is 0 Å². The van der Waals surface area contributed by atoms with Gasteiger partial charge < -0.3 is 9.72 Å². The van der Waals surface area contributed by atoms with Crippen molar-refractivity contribution in [3.8, 4) is 5.75 Å². The zero-order valence-corrected chi connectivity index (χ0v) is 13.9. The van der Waals surface area contributed by atoms with Crippen molar-refractivity contribution in [2.75, 3.05) is 12.9 Å². The maximum absolute atomic E-state index is 5.33. The van der Waals surface area contributed by atoms with Crippen LogP contribution in [0.25, 0.3) is 10.9 Å². The second kappa shape index (κ2) is 6.41. The topological polar surface area (TPSA) is 61.8 Å². The highest BCUT2D eigenvalue weighted by Gasteiger charge is 2.16. The van der Waals surface area contributed by atoms with Gasteiger partial charge in [0.2, 0.25) is 0 Å². The van der Waals surface area contributed by atoms with Crippen LogP contribution in [-0.2, 0) is 0 Å². The minimum Gasteiger partial charge on any atom is -0.494 e. The molecule has 0 bridgehead atoms. The van der Waals surface area contributed by atoms with Crippen LogP contribution in [0.3, 0.4) is 0 Å². The van der Waals surface area contributed by atoms with E-state index in [9.17, 15) is 0 Å². The van der Waals surface area contributed by atoms with Crippen LogP contribution in [0.5, 0.6) is 5.75 Å². The summed E-state index contributed by atoms with van der Waals surface area (Å²) in [6, 6.07) is 15.9. The van der Waals surface area contributed by atoms with Gasteiger partial charge in [-0.05, 0) is 18.2 Å². The van der Waals surface area contributed by atoms with E-state index in [0.717, 1.165) is 39.1 Å². The number of rotatable bonds is 3. The summed E-state index contributed by atoms with van der Waals surface area (Å²) in [6.45, 7) is 0. The minimum atomic E-state index is 0.749. The number of ether oxygens (including phenoxy) is 1. The molecule has 120 valence electrons. The standard InChI is InChI=1S/C18H16N4OS/c1-23-17-9-5-4-8-15(17)20-18-22-21-16(11-24-18)13-10-19-14-7-3-2-6-12(13)14/h2-10,19H,11H2,1H3,(H,20,22). The summed E-state index contributed by atoms with van der Waals surface area (Å²) in [4.78, 5) is 7.88. The molecule has 6 heteroatoms. The lowest BCUT2D eigenvalue weighted by Gasteiger charge is -2.14. The van der Waals surface area contributed by atoms with Crippen LogP contribution >= 0.6 is 11.8 Å². The molecule has 24 heavy (non-hydrogen) atoms. The molecular formula is C18H16N4OS. The third kappa shape index (κ3) is 2.76. The van der Waals surface area contributed by atoms with E-state index in [1.807, 2.05) is 42.6 Å². The molecule has 0 fully saturated rings. The largest absolute Gasteiger partial charge is 0.494 e. The molecule has 1 aromatic heterocycles. The number of hydrogen-bond donors (Lipinski definition) is 2. The van der Waals surface area contributed by atoms with Crippen LogP contribution in [0.2, 0.25) is 0 Å². The van der Waals surface area contributed by atoms with Crippen molar-refractivity contribution in [2.45, 2.75) is 0 Å². The Morgan fingerprint density at radius 2 is 1.96 bits per heavy atom. The number of amidine groups is 1. The van der Waals surface area contributed by atoms with E-state index in [1.165, 1.54) is 5.39 Å². The molecule has 4 rings (SSSR count). The van der Waals surface area contributed by atoms with Gasteiger partial charge in [-0.15, -0.1) is 0 Å². The SMILES string of the molecule is COc1ccccc1N=C1NN=C(c2c[nH]c3ccccc23)CS1. The van der Waals surface area contributed by atoms with E-state index in [-0.39, 0.29) is 0 Å². The van der Waals surface area contributed by atoms with E-state index < -0.39 is 0 Å². The molecule has 2 N–H and O–H groups in total. The summed E-state index contributed by atoms with van der Waals surface area (Å²) in [7, 11) is 1.65. The van der Waals surface area contributed by atoms with Crippen LogP contribution in [0.15, 0.2) is 64.8 Å². The predicted octanol–water partition coefficient (Wildman–Crippen LogP) is 3.90. The second-order valence-corrected chi connectivity index (χ2v) is 6.26. The van der Waals surface area contributed by atoms with E-state index in [1.54, 1.807) is 18.9 Å². The molecule has 1 aliphatic heterocycles. The van der Waals surface area contributed by atoms with E-state index in [2.05, 4.69) is 32.6 Å². The van der Waals surface area contributed by atoms with Crippen molar-refractivity contribution >= 4 is 39.2 Å². The van der Waals surface area contributed by atoms with Gasteiger partial charge in [0.15, 0.2) is 5.17 Å². The Kier molecular flexibility index (Phi) is 3.96. The van der Waals surface area contributed by atoms with Crippen molar-refractivity contribution in [1.82, 2.24) is 10.4 Å². The molecule has 0 aliphatic carbocycles. The molecule has 2 aromatic carbocycles. The number of benzene rings is 2. The summed E-state index contributed by atoms with van der Waals surface area (Å²) in [5.41, 5.74) is 7.10. The maximum atomic E-state index is 5.33. The third-order valence-corrected chi connectivity index (χ3v) is 4.71. The number of nitrogens with one attached hydrogen (secondary N) is 2. The smallest absolute Gasteiger partial charge is 0.182 e. The van der Waals surface area contributed by atoms with Crippen molar-refractivity contribution in [1.29, 1.82) is 0 Å². The lowest BCUT2D eigenvalue weighted by atomic mass is 10.1. The fourth-order valence-corrected chi connectivity index (χ4v) is 3.42. The van der Waals surface area contributed by atoms with Crippen molar-refractivity contribution in [3.05, 3.63) is 60.3 Å². The average molecular weight is 336 g/mol. The number of aromatic nitrogens is 1. The molecule has 1 aliphatic rings. The lowest BCUT2D eigenvalue weighted by Crippen LogP contribution is -2.25. The Balaban J connectivity index is 1.60. The van der Waals surface area contributed by atoms with E-state index in [0.29, 0.717) is 0 Å². The fourth-order valence-electron chi connectivity index (χ4n) is 2.65. The highest BCUT2D eigenvalue weighted by Crippen LogP contribution is 2.28. The lowest BCUT2D eigenvalue weighted by molar-refractivity contribution is 0.416. The molecule has 0 saturated heterocycles. The van der Waals surface area contributed by atoms with Crippen molar-refractivity contribution in [2.24, 2.45) is 10.1 Å². The van der Waals surface area contributed by atoms with Gasteiger partial charge in [0.05, 0.1) is 12.8 Å². The van der Waals surface area contributed by atoms with Crippen LogP contribution in [-0.4, -0.2) is 28.7 Å². The van der Waals surface area contributed by atoms with Gasteiger partial charge in [0, 0.05) is 28.4 Å². The number of para-hydroxylation sites is 3. The fraction of sp³-hybridized carbons (Fsp3) is 0.111. The van der Waals surface area contributed by atoms with E-state index >= 15 is 0 Å². The molecule has 0 atom stereocenters. The highest BCUT2D eigenvalue weighted by molar-refractivity contribution is 8.14. The number of hydrogen-bond acceptors (Lipinski definition) is 4. The van der Waals surface area contributed by atoms with Gasteiger partial charge in [-0.1, -0.05) is 42.1 Å². The van der Waals surface area contributed by atoms with Gasteiger partial charge in [0.25, 0.3) is 0 Å². The van der Waals surface area contributed by atoms with Gasteiger partial charge in [-0.25, -0.2) is 4.99 Å². The Labute approximate surface area is 143 Å². The number of aromatic amines is 1. The van der Waals surface area contributed by atoms with Crippen molar-refractivity contribution < 1.29 is 4.74 Å². The number of aliphatic imine (C=N–C) groups is 1. The van der Waals surface area contributed by atoms with Gasteiger partial charge in [0.1, 0.15) is 11.4 Å². The van der Waals surface area contributed by atoms with Crippen LogP contribution < -0.4 is 10.2 Å². The minimum absolute atomic E-state index is 0.749. The van der Waals surface area contributed by atoms with Crippen molar-refractivity contribution in [3.63, 3.8) is 0 Å². The summed E-state index contributed by atoms with van der Waals surface area (Å²) in [6.07, 6.45) is 2.01. The molecule has 2 heterocycles. The van der Waals surface area contributed by atoms with Crippen LogP contribution in [0, 0.1) is 0 Å². The zero-order chi connectivity index (χ0) is 16.4. The second-order valence-electron chi connectivity index (χ2n) is 5.30. The molecule has 0 saturated carbocycles. The summed E-state index contributed by atoms with van der Waals surface area (Å²) in [5, 5.41) is 6.46. The molecule has 0 spiro atoms. The summed E-state index contributed by atoms with van der Waals surface area (Å²) < 4.78 is 5.33. The quantitative estimate of drug-likeness (QED) is 0.762. The normalized spacial score (nSPS) is 16.0. The summed E-state index contributed by atoms with van der Waals surface area (Å²) >= 11 is 1.63. The van der Waals surface area contributed by atoms with E-state index in [4.69, 9.17) is 4.74 Å². The molecule has 0 unspecified atom stereocenters. The average Bonchev–Trinajstić information content (AvgIpc) is 3.07. The number of fused-ring (bicyclic) bond motifs is 1. The van der Waals surface area contributed by atoms with Gasteiger partial charge in [-0.2, -0.15) is 5.10 Å². The van der Waals surface area contributed by atoms with Crippen LogP contribution in [0.4, 0.5) is 5.69 Å². The monoisotopic (exact) mass is 336 g/mol. The molecular weight excluding hydrogens is 320 g/mol. The molecule has 0 amide bonds. The first kappa shape index (κ1) is 14.8. The number of nitrogens with zero attached hydrogens (tertiary/aromatic N) is 2. The molecule has 0 radical (unpaired) electrons. The predicted molar refractivity (Wildman–Crippen MR) is 101 cm³/mol. The number of thioether (sulfide) groups is 1. The highest BCUT2D eigenvalue weighted by atomic mass is 32.2. The first-order chi connectivity index (χ1) is 11.8. The Bertz CT molecular complexity index is 945. The molecule has 5 nitrogen and oxygen atoms in total. The first-order valence-corrected chi connectivity index (χ1v) is 8.57. The molecule has 3 aromatic rings. The third-order valence-electron chi connectivity index (χ3n) is 3.84. The number of methoxy groups -OCH3 is 1. The Morgan fingerprint density at radius 3 is 2.79 bits per heavy atom. The van der Waals surface area contributed by atoms with Crippen LogP contribution in [0.1, 0.15) is 5.56 Å². The zero-order valence-electron chi connectivity index (χ0n) is 13.1. The number of hydrazone groups is 1. The van der Waals surface area contributed by atoms with Gasteiger partial charge in [-0.3, -0.25) is 5.43 Å². The Morgan fingerprint density at radius 1 is 1.12 bits per heavy atom. The maximum Gasteiger partial charge on any atom is 0.182 e. The number of H-pyrrole nitrogens is 1.